The molecule has 0 saturated carbocycles. The number of hydrogen-bond donors (Lipinski definition) is 1. The summed E-state index contributed by atoms with van der Waals surface area (Å²) in [4.78, 5) is 4.56. The number of rotatable bonds is 3. The van der Waals surface area contributed by atoms with Gasteiger partial charge in [0.2, 0.25) is 0 Å². The molecular weight excluding hydrogens is 290 g/mol. The summed E-state index contributed by atoms with van der Waals surface area (Å²) in [7, 11) is 0. The van der Waals surface area contributed by atoms with Crippen LogP contribution in [0.15, 0.2) is 53.6 Å². The van der Waals surface area contributed by atoms with Gasteiger partial charge in [-0.2, -0.15) is 5.10 Å². The van der Waals surface area contributed by atoms with Crippen LogP contribution in [-0.4, -0.2) is 10.7 Å². The Bertz CT molecular complexity index is 746. The molecule has 3 nitrogen and oxygen atoms in total. The normalized spacial score (nSPS) is 11.8. The van der Waals surface area contributed by atoms with Crippen molar-refractivity contribution in [2.45, 2.75) is 6.92 Å². The number of benzene rings is 2. The van der Waals surface area contributed by atoms with E-state index in [1.165, 1.54) is 0 Å². The van der Waals surface area contributed by atoms with Crippen LogP contribution in [0.2, 0.25) is 5.02 Å². The van der Waals surface area contributed by atoms with Crippen LogP contribution in [0.5, 0.6) is 0 Å². The summed E-state index contributed by atoms with van der Waals surface area (Å²) in [5.74, 6) is 0. The maximum Gasteiger partial charge on any atom is 0.140 e. The van der Waals surface area contributed by atoms with Gasteiger partial charge in [-0.3, -0.25) is 5.43 Å². The molecule has 3 aromatic rings. The van der Waals surface area contributed by atoms with Crippen LogP contribution in [0.1, 0.15) is 11.9 Å². The summed E-state index contributed by atoms with van der Waals surface area (Å²) in [5.41, 5.74) is 5.60. The number of halogens is 1. The molecule has 0 aliphatic heterocycles. The Balaban J connectivity index is 1.86. The van der Waals surface area contributed by atoms with Crippen molar-refractivity contribution in [1.82, 2.24) is 4.98 Å². The van der Waals surface area contributed by atoms with Gasteiger partial charge in [0.05, 0.1) is 26.6 Å². The van der Waals surface area contributed by atoms with E-state index in [0.29, 0.717) is 5.02 Å². The molecule has 0 bridgehead atoms. The van der Waals surface area contributed by atoms with Gasteiger partial charge in [0, 0.05) is 0 Å². The highest BCUT2D eigenvalue weighted by atomic mass is 35.5. The van der Waals surface area contributed by atoms with E-state index in [4.69, 9.17) is 11.6 Å². The average molecular weight is 302 g/mol. The second-order valence-corrected chi connectivity index (χ2v) is 5.71. The van der Waals surface area contributed by atoms with Crippen molar-refractivity contribution in [2.75, 3.05) is 5.43 Å². The van der Waals surface area contributed by atoms with Crippen molar-refractivity contribution < 1.29 is 0 Å². The Morgan fingerprint density at radius 3 is 2.70 bits per heavy atom. The fourth-order valence-corrected chi connectivity index (χ4v) is 2.86. The number of thiazole rings is 1. The smallest absolute Gasteiger partial charge is 0.140 e. The summed E-state index contributed by atoms with van der Waals surface area (Å²) in [6.45, 7) is 1.93. The van der Waals surface area contributed by atoms with Gasteiger partial charge in [0.25, 0.3) is 0 Å². The maximum absolute atomic E-state index is 6.07. The molecule has 0 aliphatic rings. The van der Waals surface area contributed by atoms with Crippen LogP contribution in [0.25, 0.3) is 10.2 Å². The van der Waals surface area contributed by atoms with Crippen LogP contribution in [0.4, 0.5) is 5.69 Å². The Kier molecular flexibility index (Phi) is 3.67. The third-order valence-corrected chi connectivity index (χ3v) is 4.30. The number of hydrogen-bond acceptors (Lipinski definition) is 4. The highest BCUT2D eigenvalue weighted by molar-refractivity contribution is 7.20. The molecule has 0 spiro atoms. The molecule has 0 saturated heterocycles. The number of aromatic nitrogens is 1. The molecule has 0 aliphatic carbocycles. The molecule has 1 heterocycles. The lowest BCUT2D eigenvalue weighted by Crippen LogP contribution is -1.99. The first kappa shape index (κ1) is 13.1. The molecule has 0 radical (unpaired) electrons. The molecule has 5 heteroatoms. The molecule has 100 valence electrons. The predicted molar refractivity (Wildman–Crippen MR) is 86.9 cm³/mol. The molecule has 2 aromatic carbocycles. The van der Waals surface area contributed by atoms with Gasteiger partial charge < -0.3 is 0 Å². The minimum atomic E-state index is 0.647. The Morgan fingerprint density at radius 2 is 1.90 bits per heavy atom. The van der Waals surface area contributed by atoms with Crippen molar-refractivity contribution in [2.24, 2.45) is 5.10 Å². The van der Waals surface area contributed by atoms with E-state index in [0.717, 1.165) is 26.6 Å². The summed E-state index contributed by atoms with van der Waals surface area (Å²) in [5, 5.41) is 5.91. The quantitative estimate of drug-likeness (QED) is 0.558. The monoisotopic (exact) mass is 301 g/mol. The van der Waals surface area contributed by atoms with Crippen LogP contribution < -0.4 is 5.43 Å². The minimum absolute atomic E-state index is 0.647. The second kappa shape index (κ2) is 5.61. The van der Waals surface area contributed by atoms with Crippen molar-refractivity contribution in [3.63, 3.8) is 0 Å². The van der Waals surface area contributed by atoms with Crippen LogP contribution >= 0.6 is 22.9 Å². The average Bonchev–Trinajstić information content (AvgIpc) is 2.90. The molecule has 1 N–H and O–H groups in total. The summed E-state index contributed by atoms with van der Waals surface area (Å²) < 4.78 is 1.16. The zero-order valence-electron chi connectivity index (χ0n) is 10.8. The van der Waals surface area contributed by atoms with Crippen molar-refractivity contribution in [1.29, 1.82) is 0 Å². The first-order chi connectivity index (χ1) is 9.74. The summed E-state index contributed by atoms with van der Waals surface area (Å²) in [6.07, 6.45) is 0. The molecule has 3 rings (SSSR count). The van der Waals surface area contributed by atoms with Gasteiger partial charge in [-0.15, -0.1) is 11.3 Å². The first-order valence-corrected chi connectivity index (χ1v) is 7.34. The number of fused-ring (bicyclic) bond motifs is 1. The molecule has 0 amide bonds. The molecule has 0 fully saturated rings. The van der Waals surface area contributed by atoms with E-state index in [2.05, 4.69) is 21.6 Å². The third kappa shape index (κ3) is 2.66. The van der Waals surface area contributed by atoms with E-state index in [-0.39, 0.29) is 0 Å². The van der Waals surface area contributed by atoms with Gasteiger partial charge in [-0.05, 0) is 31.2 Å². The predicted octanol–water partition coefficient (Wildman–Crippen LogP) is 4.79. The number of anilines is 1. The molecule has 0 atom stereocenters. The number of hydrazone groups is 1. The second-order valence-electron chi connectivity index (χ2n) is 4.28. The highest BCUT2D eigenvalue weighted by Crippen LogP contribution is 2.23. The van der Waals surface area contributed by atoms with Crippen LogP contribution in [0, 0.1) is 0 Å². The lowest BCUT2D eigenvalue weighted by Gasteiger charge is -2.03. The standard InChI is InChI=1S/C15H12ClN3S/c1-10(18-19-12-7-3-2-6-11(12)16)15-17-13-8-4-5-9-14(13)20-15/h2-9,19H,1H3/b18-10-. The topological polar surface area (TPSA) is 37.3 Å². The SMILES string of the molecule is C/C(=N/Nc1ccccc1Cl)c1nc2ccccc2s1. The van der Waals surface area contributed by atoms with E-state index in [1.807, 2.05) is 49.4 Å². The van der Waals surface area contributed by atoms with E-state index >= 15 is 0 Å². The highest BCUT2D eigenvalue weighted by Gasteiger charge is 2.06. The van der Waals surface area contributed by atoms with Gasteiger partial charge in [-0.1, -0.05) is 35.9 Å². The molecular formula is C15H12ClN3S. The number of nitrogens with zero attached hydrogens (tertiary/aromatic N) is 2. The fourth-order valence-electron chi connectivity index (χ4n) is 1.77. The molecule has 1 aromatic heterocycles. The van der Waals surface area contributed by atoms with E-state index in [1.54, 1.807) is 11.3 Å². The molecule has 20 heavy (non-hydrogen) atoms. The number of para-hydroxylation sites is 2. The fraction of sp³-hybridized carbons (Fsp3) is 0.0667. The largest absolute Gasteiger partial charge is 0.277 e. The summed E-state index contributed by atoms with van der Waals surface area (Å²) >= 11 is 7.70. The van der Waals surface area contributed by atoms with Gasteiger partial charge in [0.15, 0.2) is 0 Å². The lowest BCUT2D eigenvalue weighted by atomic mass is 10.3. The van der Waals surface area contributed by atoms with Crippen molar-refractivity contribution in [3.8, 4) is 0 Å². The minimum Gasteiger partial charge on any atom is -0.277 e. The Hall–Kier alpha value is -1.91. The van der Waals surface area contributed by atoms with Crippen LogP contribution in [0.3, 0.4) is 0 Å². The lowest BCUT2D eigenvalue weighted by molar-refractivity contribution is 1.31. The maximum atomic E-state index is 6.07. The van der Waals surface area contributed by atoms with Crippen molar-refractivity contribution in [3.05, 3.63) is 58.6 Å². The Morgan fingerprint density at radius 1 is 1.15 bits per heavy atom. The molecule has 0 unspecified atom stereocenters. The zero-order chi connectivity index (χ0) is 13.9. The third-order valence-electron chi connectivity index (χ3n) is 2.82. The van der Waals surface area contributed by atoms with Gasteiger partial charge in [-0.25, -0.2) is 4.98 Å². The number of nitrogens with one attached hydrogen (secondary N) is 1. The zero-order valence-corrected chi connectivity index (χ0v) is 12.4. The van der Waals surface area contributed by atoms with E-state index < -0.39 is 0 Å². The van der Waals surface area contributed by atoms with Crippen molar-refractivity contribution >= 4 is 44.6 Å². The van der Waals surface area contributed by atoms with Gasteiger partial charge >= 0.3 is 0 Å². The van der Waals surface area contributed by atoms with Gasteiger partial charge in [0.1, 0.15) is 5.01 Å². The van der Waals surface area contributed by atoms with E-state index in [9.17, 15) is 0 Å². The summed E-state index contributed by atoms with van der Waals surface area (Å²) in [6, 6.07) is 15.6. The van der Waals surface area contributed by atoms with Crippen LogP contribution in [-0.2, 0) is 0 Å². The Labute approximate surface area is 125 Å². The first-order valence-electron chi connectivity index (χ1n) is 6.15.